The Hall–Kier alpha value is -1.90. The predicted octanol–water partition coefficient (Wildman–Crippen LogP) is 2.86. The van der Waals surface area contributed by atoms with E-state index < -0.39 is 54.1 Å². The topological polar surface area (TPSA) is 55.8 Å². The first-order valence-electron chi connectivity index (χ1n) is 6.13. The van der Waals surface area contributed by atoms with Crippen molar-refractivity contribution in [3.8, 4) is 5.75 Å². The first kappa shape index (κ1) is 16.5. The summed E-state index contributed by atoms with van der Waals surface area (Å²) >= 11 is 0. The summed E-state index contributed by atoms with van der Waals surface area (Å²) in [6.45, 7) is 0. The Kier molecular flexibility index (Phi) is 4.28. The fourth-order valence-corrected chi connectivity index (χ4v) is 2.46. The summed E-state index contributed by atoms with van der Waals surface area (Å²) in [7, 11) is 1.01. The number of benzene rings is 1. The standard InChI is InChI=1S/C13H11F5O4/c1-21-10-5(2-3-7(14)9(10)15)6-4-8(13(16,17)18)22-11(6)12(19)20/h2-3,6,8,11H,4H2,1H3,(H,19,20)/t6-,8+,11+/m0/s1. The molecule has 3 atom stereocenters. The highest BCUT2D eigenvalue weighted by Crippen LogP contribution is 2.45. The third-order valence-electron chi connectivity index (χ3n) is 3.44. The molecule has 0 unspecified atom stereocenters. The van der Waals surface area contributed by atoms with E-state index in [1.807, 2.05) is 0 Å². The van der Waals surface area contributed by atoms with Gasteiger partial charge in [-0.3, -0.25) is 0 Å². The molecule has 0 aliphatic carbocycles. The maximum atomic E-state index is 13.7. The van der Waals surface area contributed by atoms with Gasteiger partial charge in [-0.25, -0.2) is 9.18 Å². The van der Waals surface area contributed by atoms with Gasteiger partial charge in [0.2, 0.25) is 5.82 Å². The van der Waals surface area contributed by atoms with Gasteiger partial charge in [0.15, 0.2) is 23.8 Å². The number of hydrogen-bond donors (Lipinski definition) is 1. The fourth-order valence-electron chi connectivity index (χ4n) is 2.46. The smallest absolute Gasteiger partial charge is 0.414 e. The Labute approximate surface area is 121 Å². The van der Waals surface area contributed by atoms with Crippen molar-refractivity contribution in [1.29, 1.82) is 0 Å². The fraction of sp³-hybridized carbons (Fsp3) is 0.462. The van der Waals surface area contributed by atoms with Crippen molar-refractivity contribution < 1.29 is 41.3 Å². The van der Waals surface area contributed by atoms with Crippen molar-refractivity contribution in [3.05, 3.63) is 29.3 Å². The van der Waals surface area contributed by atoms with E-state index in [0.29, 0.717) is 6.07 Å². The number of alkyl halides is 3. The van der Waals surface area contributed by atoms with Crippen LogP contribution in [0.4, 0.5) is 22.0 Å². The number of ether oxygens (including phenoxy) is 2. The molecule has 0 aromatic heterocycles. The number of methoxy groups -OCH3 is 1. The number of carbonyl (C=O) groups is 1. The zero-order chi connectivity index (χ0) is 16.7. The number of carboxylic acids is 1. The molecule has 22 heavy (non-hydrogen) atoms. The molecular weight excluding hydrogens is 315 g/mol. The average molecular weight is 326 g/mol. The lowest BCUT2D eigenvalue weighted by Gasteiger charge is -2.18. The van der Waals surface area contributed by atoms with Crippen LogP contribution in [0.3, 0.4) is 0 Å². The van der Waals surface area contributed by atoms with E-state index in [1.54, 1.807) is 0 Å². The highest BCUT2D eigenvalue weighted by Gasteiger charge is 2.53. The summed E-state index contributed by atoms with van der Waals surface area (Å²) in [5.41, 5.74) is -0.180. The van der Waals surface area contributed by atoms with Gasteiger partial charge in [-0.2, -0.15) is 17.6 Å². The maximum absolute atomic E-state index is 13.7. The van der Waals surface area contributed by atoms with Crippen LogP contribution in [0.1, 0.15) is 17.9 Å². The molecule has 0 spiro atoms. The largest absolute Gasteiger partial charge is 0.493 e. The molecule has 1 heterocycles. The first-order chi connectivity index (χ1) is 10.2. The van der Waals surface area contributed by atoms with Gasteiger partial charge in [-0.05, 0) is 12.5 Å². The number of halogens is 5. The van der Waals surface area contributed by atoms with Crippen molar-refractivity contribution in [2.45, 2.75) is 30.7 Å². The molecule has 0 radical (unpaired) electrons. The zero-order valence-electron chi connectivity index (χ0n) is 11.2. The van der Waals surface area contributed by atoms with Crippen LogP contribution >= 0.6 is 0 Å². The molecule has 2 rings (SSSR count). The van der Waals surface area contributed by atoms with Crippen molar-refractivity contribution in [2.24, 2.45) is 0 Å². The molecule has 1 N–H and O–H groups in total. The zero-order valence-corrected chi connectivity index (χ0v) is 11.2. The minimum absolute atomic E-state index is 0.180. The van der Waals surface area contributed by atoms with Gasteiger partial charge in [0.05, 0.1) is 7.11 Å². The van der Waals surface area contributed by atoms with Crippen LogP contribution in [-0.4, -0.2) is 36.6 Å². The molecule has 1 saturated heterocycles. The van der Waals surface area contributed by atoms with E-state index in [0.717, 1.165) is 13.2 Å². The SMILES string of the molecule is COc1c([C@@H]2C[C@H](C(F)(F)F)O[C@H]2C(=O)O)ccc(F)c1F. The third-order valence-corrected chi connectivity index (χ3v) is 3.44. The number of hydrogen-bond acceptors (Lipinski definition) is 3. The summed E-state index contributed by atoms with van der Waals surface area (Å²) in [6.07, 6.45) is -9.60. The molecule has 0 amide bonds. The molecule has 4 nitrogen and oxygen atoms in total. The van der Waals surface area contributed by atoms with Crippen molar-refractivity contribution >= 4 is 5.97 Å². The predicted molar refractivity (Wildman–Crippen MR) is 62.6 cm³/mol. The van der Waals surface area contributed by atoms with Gasteiger partial charge in [-0.1, -0.05) is 6.07 Å². The molecule has 0 bridgehead atoms. The van der Waals surface area contributed by atoms with Crippen LogP contribution in [0.15, 0.2) is 12.1 Å². The number of rotatable bonds is 3. The van der Waals surface area contributed by atoms with Crippen LogP contribution in [-0.2, 0) is 9.53 Å². The molecule has 1 aliphatic rings. The van der Waals surface area contributed by atoms with E-state index in [-0.39, 0.29) is 5.56 Å². The van der Waals surface area contributed by atoms with E-state index >= 15 is 0 Å². The minimum Gasteiger partial charge on any atom is -0.493 e. The van der Waals surface area contributed by atoms with Crippen LogP contribution in [0.5, 0.6) is 5.75 Å². The molecule has 1 aromatic carbocycles. The van der Waals surface area contributed by atoms with Crippen molar-refractivity contribution in [1.82, 2.24) is 0 Å². The quantitative estimate of drug-likeness (QED) is 0.868. The van der Waals surface area contributed by atoms with Gasteiger partial charge in [0.25, 0.3) is 0 Å². The monoisotopic (exact) mass is 326 g/mol. The second-order valence-electron chi connectivity index (χ2n) is 4.75. The first-order valence-corrected chi connectivity index (χ1v) is 6.13. The molecule has 0 saturated carbocycles. The van der Waals surface area contributed by atoms with E-state index in [1.165, 1.54) is 0 Å². The molecule has 1 aromatic rings. The lowest BCUT2D eigenvalue weighted by Crippen LogP contribution is -2.31. The van der Waals surface area contributed by atoms with Gasteiger partial charge in [-0.15, -0.1) is 0 Å². The Bertz CT molecular complexity index is 587. The van der Waals surface area contributed by atoms with Crippen LogP contribution < -0.4 is 4.74 Å². The number of aliphatic carboxylic acids is 1. The third kappa shape index (κ3) is 2.85. The van der Waals surface area contributed by atoms with Gasteiger partial charge in [0, 0.05) is 11.5 Å². The minimum atomic E-state index is -4.76. The number of carboxylic acid groups (broad SMARTS) is 1. The van der Waals surface area contributed by atoms with Crippen LogP contribution in [0, 0.1) is 11.6 Å². The van der Waals surface area contributed by atoms with Crippen molar-refractivity contribution in [2.75, 3.05) is 7.11 Å². The van der Waals surface area contributed by atoms with Crippen molar-refractivity contribution in [3.63, 3.8) is 0 Å². The van der Waals surface area contributed by atoms with Gasteiger partial charge < -0.3 is 14.6 Å². The highest BCUT2D eigenvalue weighted by molar-refractivity contribution is 5.74. The van der Waals surface area contributed by atoms with E-state index in [9.17, 15) is 26.7 Å². The van der Waals surface area contributed by atoms with Gasteiger partial charge >= 0.3 is 12.1 Å². The van der Waals surface area contributed by atoms with Crippen LogP contribution in [0.25, 0.3) is 0 Å². The molecule has 9 heteroatoms. The summed E-state index contributed by atoms with van der Waals surface area (Å²) in [5.74, 6) is -6.20. The molecular formula is C13H11F5O4. The maximum Gasteiger partial charge on any atom is 0.414 e. The lowest BCUT2D eigenvalue weighted by atomic mass is 9.90. The molecule has 122 valence electrons. The highest BCUT2D eigenvalue weighted by atomic mass is 19.4. The average Bonchev–Trinajstić information content (AvgIpc) is 2.86. The normalized spacial score (nSPS) is 25.3. The lowest BCUT2D eigenvalue weighted by molar-refractivity contribution is -0.216. The van der Waals surface area contributed by atoms with E-state index in [2.05, 4.69) is 9.47 Å². The van der Waals surface area contributed by atoms with Gasteiger partial charge in [0.1, 0.15) is 0 Å². The summed E-state index contributed by atoms with van der Waals surface area (Å²) < 4.78 is 74.2. The summed E-state index contributed by atoms with van der Waals surface area (Å²) in [5, 5.41) is 9.01. The molecule has 1 aliphatic heterocycles. The van der Waals surface area contributed by atoms with Crippen LogP contribution in [0.2, 0.25) is 0 Å². The Morgan fingerprint density at radius 1 is 1.36 bits per heavy atom. The Morgan fingerprint density at radius 2 is 2.00 bits per heavy atom. The second-order valence-corrected chi connectivity index (χ2v) is 4.75. The summed E-state index contributed by atoms with van der Waals surface area (Å²) in [4.78, 5) is 11.1. The molecule has 1 fully saturated rings. The Balaban J connectivity index is 2.46. The second kappa shape index (κ2) is 5.71. The summed E-state index contributed by atoms with van der Waals surface area (Å²) in [6, 6.07) is 1.70. The van der Waals surface area contributed by atoms with E-state index in [4.69, 9.17) is 5.11 Å². The Morgan fingerprint density at radius 3 is 2.50 bits per heavy atom.